The maximum atomic E-state index is 12.6. The molecule has 1 aromatic rings. The van der Waals surface area contributed by atoms with Crippen LogP contribution in [-0.4, -0.2) is 11.3 Å². The van der Waals surface area contributed by atoms with Gasteiger partial charge in [-0.3, -0.25) is 4.79 Å². The van der Waals surface area contributed by atoms with Gasteiger partial charge in [-0.25, -0.2) is 0 Å². The van der Waals surface area contributed by atoms with Gasteiger partial charge in [0.25, 0.3) is 0 Å². The fourth-order valence-corrected chi connectivity index (χ4v) is 2.02. The number of rotatable bonds is 3. The highest BCUT2D eigenvalue weighted by atomic mass is 19.4. The predicted octanol–water partition coefficient (Wildman–Crippen LogP) is 3.02. The minimum atomic E-state index is -4.44. The molecule has 0 bridgehead atoms. The number of carbonyl (C=O) groups excluding carboxylic acids is 1. The number of Topliss-reactive ketones (excluding diaryl/α,β-unsaturated/α-hetero) is 1. The van der Waals surface area contributed by atoms with E-state index >= 15 is 0 Å². The smallest absolute Gasteiger partial charge is 0.319 e. The summed E-state index contributed by atoms with van der Waals surface area (Å²) in [4.78, 5) is 12.1. The average Bonchev–Trinajstić information content (AvgIpc) is 3.11. The SMILES string of the molecule is CC(N)(C(=O)c1cccc(C(F)(F)F)c1)C1CC1. The molecule has 98 valence electrons. The van der Waals surface area contributed by atoms with Crippen LogP contribution in [0.3, 0.4) is 0 Å². The molecular formula is C13H14F3NO. The Balaban J connectivity index is 2.31. The molecule has 0 aliphatic heterocycles. The molecule has 0 heterocycles. The van der Waals surface area contributed by atoms with Gasteiger partial charge >= 0.3 is 6.18 Å². The first-order chi connectivity index (χ1) is 8.23. The van der Waals surface area contributed by atoms with E-state index in [-0.39, 0.29) is 11.5 Å². The van der Waals surface area contributed by atoms with Crippen LogP contribution in [0.25, 0.3) is 0 Å². The Morgan fingerprint density at radius 1 is 1.33 bits per heavy atom. The van der Waals surface area contributed by atoms with Gasteiger partial charge in [0.15, 0.2) is 5.78 Å². The highest BCUT2D eigenvalue weighted by molar-refractivity contribution is 6.03. The van der Waals surface area contributed by atoms with Crippen LogP contribution in [0.5, 0.6) is 0 Å². The molecule has 5 heteroatoms. The molecule has 0 saturated heterocycles. The quantitative estimate of drug-likeness (QED) is 0.846. The fraction of sp³-hybridized carbons (Fsp3) is 0.462. The van der Waals surface area contributed by atoms with E-state index in [1.54, 1.807) is 6.92 Å². The molecule has 18 heavy (non-hydrogen) atoms. The van der Waals surface area contributed by atoms with Crippen LogP contribution in [0.15, 0.2) is 24.3 Å². The average molecular weight is 257 g/mol. The molecule has 2 nitrogen and oxygen atoms in total. The molecule has 1 aliphatic rings. The lowest BCUT2D eigenvalue weighted by molar-refractivity contribution is -0.137. The van der Waals surface area contributed by atoms with Crippen LogP contribution >= 0.6 is 0 Å². The Morgan fingerprint density at radius 2 is 1.94 bits per heavy atom. The van der Waals surface area contributed by atoms with Crippen LogP contribution in [0.2, 0.25) is 0 Å². The zero-order valence-electron chi connectivity index (χ0n) is 9.92. The van der Waals surface area contributed by atoms with E-state index in [1.807, 2.05) is 0 Å². The zero-order chi connectivity index (χ0) is 13.6. The fourth-order valence-electron chi connectivity index (χ4n) is 2.02. The Labute approximate surface area is 103 Å². The van der Waals surface area contributed by atoms with Gasteiger partial charge in [-0.05, 0) is 37.8 Å². The molecule has 1 aliphatic carbocycles. The van der Waals surface area contributed by atoms with Gasteiger partial charge in [0, 0.05) is 5.56 Å². The summed E-state index contributed by atoms with van der Waals surface area (Å²) in [5.41, 5.74) is 4.07. The van der Waals surface area contributed by atoms with Gasteiger partial charge in [0.05, 0.1) is 11.1 Å². The first-order valence-electron chi connectivity index (χ1n) is 5.74. The highest BCUT2D eigenvalue weighted by Crippen LogP contribution is 2.40. The Kier molecular flexibility index (Phi) is 2.97. The van der Waals surface area contributed by atoms with E-state index in [1.165, 1.54) is 12.1 Å². The maximum Gasteiger partial charge on any atom is 0.416 e. The van der Waals surface area contributed by atoms with E-state index in [0.717, 1.165) is 25.0 Å². The molecule has 0 radical (unpaired) electrons. The topological polar surface area (TPSA) is 43.1 Å². The Hall–Kier alpha value is -1.36. The van der Waals surface area contributed by atoms with Gasteiger partial charge in [0.1, 0.15) is 0 Å². The number of hydrogen-bond acceptors (Lipinski definition) is 2. The van der Waals surface area contributed by atoms with Crippen LogP contribution in [0, 0.1) is 5.92 Å². The second kappa shape index (κ2) is 4.09. The number of nitrogens with two attached hydrogens (primary N) is 1. The van der Waals surface area contributed by atoms with Crippen LogP contribution in [0.4, 0.5) is 13.2 Å². The van der Waals surface area contributed by atoms with Crippen molar-refractivity contribution in [3.05, 3.63) is 35.4 Å². The molecule has 1 unspecified atom stereocenters. The summed E-state index contributed by atoms with van der Waals surface area (Å²) in [6.07, 6.45) is -2.73. The molecule has 2 rings (SSSR count). The maximum absolute atomic E-state index is 12.6. The molecule has 1 atom stereocenters. The number of alkyl halides is 3. The summed E-state index contributed by atoms with van der Waals surface area (Å²) in [6.45, 7) is 1.59. The number of benzene rings is 1. The lowest BCUT2D eigenvalue weighted by atomic mass is 9.87. The summed E-state index contributed by atoms with van der Waals surface area (Å²) in [5, 5.41) is 0. The van der Waals surface area contributed by atoms with Crippen molar-refractivity contribution < 1.29 is 18.0 Å². The molecule has 0 aromatic heterocycles. The minimum absolute atomic E-state index is 0.0294. The van der Waals surface area contributed by atoms with Gasteiger partial charge in [0.2, 0.25) is 0 Å². The van der Waals surface area contributed by atoms with Crippen molar-refractivity contribution in [2.75, 3.05) is 0 Å². The molecule has 1 saturated carbocycles. The predicted molar refractivity (Wildman–Crippen MR) is 61.1 cm³/mol. The lowest BCUT2D eigenvalue weighted by Gasteiger charge is -2.23. The van der Waals surface area contributed by atoms with Crippen LogP contribution in [0.1, 0.15) is 35.7 Å². The molecule has 0 spiro atoms. The first kappa shape index (κ1) is 13.1. The number of hydrogen-bond donors (Lipinski definition) is 1. The van der Waals surface area contributed by atoms with Crippen LogP contribution < -0.4 is 5.73 Å². The van der Waals surface area contributed by atoms with E-state index in [4.69, 9.17) is 5.73 Å². The Morgan fingerprint density at radius 3 is 2.44 bits per heavy atom. The molecule has 2 N–H and O–H groups in total. The Bertz CT molecular complexity index is 475. The van der Waals surface area contributed by atoms with Crippen molar-refractivity contribution in [2.45, 2.75) is 31.5 Å². The zero-order valence-corrected chi connectivity index (χ0v) is 9.92. The second-order valence-electron chi connectivity index (χ2n) is 4.96. The molecule has 1 fully saturated rings. The number of ketones is 1. The first-order valence-corrected chi connectivity index (χ1v) is 5.74. The summed E-state index contributed by atoms with van der Waals surface area (Å²) in [6, 6.07) is 4.43. The van der Waals surface area contributed by atoms with E-state index in [9.17, 15) is 18.0 Å². The monoisotopic (exact) mass is 257 g/mol. The third-order valence-electron chi connectivity index (χ3n) is 3.37. The third-order valence-corrected chi connectivity index (χ3v) is 3.37. The van der Waals surface area contributed by atoms with E-state index < -0.39 is 23.1 Å². The number of carbonyl (C=O) groups is 1. The standard InChI is InChI=1S/C13H14F3NO/c1-12(17,9-5-6-9)11(18)8-3-2-4-10(7-8)13(14,15)16/h2-4,7,9H,5-6,17H2,1H3. The largest absolute Gasteiger partial charge is 0.416 e. The van der Waals surface area contributed by atoms with Gasteiger partial charge in [-0.2, -0.15) is 13.2 Å². The van der Waals surface area contributed by atoms with Crippen molar-refractivity contribution >= 4 is 5.78 Å². The van der Waals surface area contributed by atoms with Crippen molar-refractivity contribution in [1.82, 2.24) is 0 Å². The molecule has 0 amide bonds. The van der Waals surface area contributed by atoms with E-state index in [0.29, 0.717) is 0 Å². The second-order valence-corrected chi connectivity index (χ2v) is 4.96. The van der Waals surface area contributed by atoms with Crippen molar-refractivity contribution in [3.8, 4) is 0 Å². The van der Waals surface area contributed by atoms with E-state index in [2.05, 4.69) is 0 Å². The third kappa shape index (κ3) is 2.41. The van der Waals surface area contributed by atoms with Gasteiger partial charge in [-0.15, -0.1) is 0 Å². The van der Waals surface area contributed by atoms with Crippen molar-refractivity contribution in [2.24, 2.45) is 11.7 Å². The summed E-state index contributed by atoms with van der Waals surface area (Å²) in [5.74, 6) is -0.337. The molecule has 1 aromatic carbocycles. The summed E-state index contributed by atoms with van der Waals surface area (Å²) < 4.78 is 37.7. The minimum Gasteiger partial charge on any atom is -0.319 e. The van der Waals surface area contributed by atoms with Gasteiger partial charge < -0.3 is 5.73 Å². The van der Waals surface area contributed by atoms with Crippen LogP contribution in [-0.2, 0) is 6.18 Å². The van der Waals surface area contributed by atoms with Crippen molar-refractivity contribution in [1.29, 1.82) is 0 Å². The highest BCUT2D eigenvalue weighted by Gasteiger charge is 2.44. The van der Waals surface area contributed by atoms with Gasteiger partial charge in [-0.1, -0.05) is 12.1 Å². The van der Waals surface area contributed by atoms with Crippen molar-refractivity contribution in [3.63, 3.8) is 0 Å². The normalized spacial score (nSPS) is 19.4. The number of halogens is 3. The molecular weight excluding hydrogens is 243 g/mol. The lowest BCUT2D eigenvalue weighted by Crippen LogP contribution is -2.47. The summed E-state index contributed by atoms with van der Waals surface area (Å²) in [7, 11) is 0. The summed E-state index contributed by atoms with van der Waals surface area (Å²) >= 11 is 0.